The van der Waals surface area contributed by atoms with E-state index in [0.29, 0.717) is 5.56 Å². The second kappa shape index (κ2) is 5.50. The van der Waals surface area contributed by atoms with Crippen LogP contribution in [0, 0.1) is 17.1 Å². The molecule has 1 aromatic heterocycles. The Balaban J connectivity index is 2.18. The normalized spacial score (nSPS) is 11.7. The number of carbonyl (C=O) groups excluding carboxylic acids is 1. The quantitative estimate of drug-likeness (QED) is 0.874. The molecule has 2 aromatic rings. The second-order valence-corrected chi connectivity index (χ2v) is 4.22. The monoisotopic (exact) mass is 273 g/mol. The molecular weight excluding hydrogens is 261 g/mol. The van der Waals surface area contributed by atoms with Crippen molar-refractivity contribution in [3.8, 4) is 6.07 Å². The van der Waals surface area contributed by atoms with Crippen molar-refractivity contribution in [3.63, 3.8) is 0 Å². The Kier molecular flexibility index (Phi) is 3.77. The standard InChI is InChI=1S/C13H12FN5O/c1-19-7-9(6-17-19)12(16)13(20)18-11-3-2-10(14)4-8(11)5-15/h2-4,6-7,12H,16H2,1H3,(H,18,20). The predicted octanol–water partition coefficient (Wildman–Crippen LogP) is 1.07. The number of anilines is 1. The number of carbonyl (C=O) groups is 1. The molecule has 0 aliphatic rings. The summed E-state index contributed by atoms with van der Waals surface area (Å²) in [6.45, 7) is 0. The van der Waals surface area contributed by atoms with Gasteiger partial charge in [-0.2, -0.15) is 10.4 Å². The summed E-state index contributed by atoms with van der Waals surface area (Å²) in [5, 5.41) is 15.3. The first-order valence-electron chi connectivity index (χ1n) is 5.76. The van der Waals surface area contributed by atoms with Gasteiger partial charge < -0.3 is 11.1 Å². The molecule has 0 aliphatic carbocycles. The van der Waals surface area contributed by atoms with Gasteiger partial charge in [-0.15, -0.1) is 0 Å². The number of nitrogens with zero attached hydrogens (tertiary/aromatic N) is 3. The summed E-state index contributed by atoms with van der Waals surface area (Å²) < 4.78 is 14.5. The van der Waals surface area contributed by atoms with Crippen molar-refractivity contribution in [1.82, 2.24) is 9.78 Å². The number of amides is 1. The van der Waals surface area contributed by atoms with Crippen LogP contribution in [0.2, 0.25) is 0 Å². The van der Waals surface area contributed by atoms with E-state index in [9.17, 15) is 9.18 Å². The predicted molar refractivity (Wildman–Crippen MR) is 69.9 cm³/mol. The van der Waals surface area contributed by atoms with Gasteiger partial charge in [-0.05, 0) is 18.2 Å². The maximum atomic E-state index is 13.0. The van der Waals surface area contributed by atoms with Crippen LogP contribution in [-0.4, -0.2) is 15.7 Å². The van der Waals surface area contributed by atoms with Crippen LogP contribution < -0.4 is 11.1 Å². The Bertz CT molecular complexity index is 688. The first-order chi connectivity index (χ1) is 9.51. The molecule has 0 radical (unpaired) electrons. The van der Waals surface area contributed by atoms with Crippen molar-refractivity contribution < 1.29 is 9.18 Å². The number of aromatic nitrogens is 2. The molecule has 20 heavy (non-hydrogen) atoms. The highest BCUT2D eigenvalue weighted by Gasteiger charge is 2.18. The van der Waals surface area contributed by atoms with E-state index in [1.165, 1.54) is 16.9 Å². The van der Waals surface area contributed by atoms with Gasteiger partial charge in [0, 0.05) is 18.8 Å². The zero-order valence-electron chi connectivity index (χ0n) is 10.7. The minimum absolute atomic E-state index is 0.0386. The van der Waals surface area contributed by atoms with E-state index in [0.717, 1.165) is 12.1 Å². The fourth-order valence-corrected chi connectivity index (χ4v) is 1.68. The molecule has 1 amide bonds. The van der Waals surface area contributed by atoms with Gasteiger partial charge in [0.15, 0.2) is 0 Å². The number of benzene rings is 1. The number of hydrogen-bond acceptors (Lipinski definition) is 4. The van der Waals surface area contributed by atoms with Gasteiger partial charge in [0.25, 0.3) is 0 Å². The number of nitrogens with one attached hydrogen (secondary N) is 1. The van der Waals surface area contributed by atoms with Crippen LogP contribution in [-0.2, 0) is 11.8 Å². The largest absolute Gasteiger partial charge is 0.323 e. The van der Waals surface area contributed by atoms with Crippen LogP contribution in [0.5, 0.6) is 0 Å². The Labute approximate surface area is 114 Å². The van der Waals surface area contributed by atoms with E-state index in [-0.39, 0.29) is 11.3 Å². The van der Waals surface area contributed by atoms with E-state index in [4.69, 9.17) is 11.0 Å². The van der Waals surface area contributed by atoms with E-state index in [1.54, 1.807) is 13.2 Å². The van der Waals surface area contributed by atoms with Crippen molar-refractivity contribution in [2.75, 3.05) is 5.32 Å². The maximum Gasteiger partial charge on any atom is 0.246 e. The molecule has 1 aromatic carbocycles. The summed E-state index contributed by atoms with van der Waals surface area (Å²) >= 11 is 0. The van der Waals surface area contributed by atoms with Crippen LogP contribution in [0.1, 0.15) is 17.2 Å². The molecule has 7 heteroatoms. The fourth-order valence-electron chi connectivity index (χ4n) is 1.68. The number of halogens is 1. The summed E-state index contributed by atoms with van der Waals surface area (Å²) in [6, 6.07) is 4.42. The van der Waals surface area contributed by atoms with Crippen LogP contribution in [0.3, 0.4) is 0 Å². The van der Waals surface area contributed by atoms with Gasteiger partial charge in [0.05, 0.1) is 17.4 Å². The van der Waals surface area contributed by atoms with Gasteiger partial charge in [-0.1, -0.05) is 0 Å². The lowest BCUT2D eigenvalue weighted by molar-refractivity contribution is -0.117. The Morgan fingerprint density at radius 3 is 2.95 bits per heavy atom. The highest BCUT2D eigenvalue weighted by molar-refractivity contribution is 5.96. The minimum Gasteiger partial charge on any atom is -0.323 e. The molecule has 102 valence electrons. The highest BCUT2D eigenvalue weighted by atomic mass is 19.1. The van der Waals surface area contributed by atoms with Crippen LogP contribution in [0.4, 0.5) is 10.1 Å². The summed E-state index contributed by atoms with van der Waals surface area (Å²) in [7, 11) is 1.71. The Morgan fingerprint density at radius 2 is 2.35 bits per heavy atom. The van der Waals surface area contributed by atoms with Crippen LogP contribution in [0.15, 0.2) is 30.6 Å². The highest BCUT2D eigenvalue weighted by Crippen LogP contribution is 2.18. The Hall–Kier alpha value is -2.72. The van der Waals surface area contributed by atoms with Gasteiger partial charge >= 0.3 is 0 Å². The Morgan fingerprint density at radius 1 is 1.60 bits per heavy atom. The van der Waals surface area contributed by atoms with Crippen LogP contribution in [0.25, 0.3) is 0 Å². The van der Waals surface area contributed by atoms with Gasteiger partial charge in [0.1, 0.15) is 17.9 Å². The number of rotatable bonds is 3. The average Bonchev–Trinajstić information content (AvgIpc) is 2.86. The fraction of sp³-hybridized carbons (Fsp3) is 0.154. The lowest BCUT2D eigenvalue weighted by Gasteiger charge is -2.11. The van der Waals surface area contributed by atoms with E-state index in [1.807, 2.05) is 6.07 Å². The number of nitrogens with two attached hydrogens (primary N) is 1. The van der Waals surface area contributed by atoms with Crippen molar-refractivity contribution in [2.24, 2.45) is 12.8 Å². The van der Waals surface area contributed by atoms with E-state index >= 15 is 0 Å². The van der Waals surface area contributed by atoms with Gasteiger partial charge in [0.2, 0.25) is 5.91 Å². The molecule has 1 heterocycles. The third-order valence-corrected chi connectivity index (χ3v) is 2.73. The minimum atomic E-state index is -0.916. The summed E-state index contributed by atoms with van der Waals surface area (Å²) in [5.41, 5.74) is 6.60. The third kappa shape index (κ3) is 2.81. The lowest BCUT2D eigenvalue weighted by atomic mass is 10.1. The molecule has 3 N–H and O–H groups in total. The molecule has 1 atom stereocenters. The van der Waals surface area contributed by atoms with Crippen molar-refractivity contribution >= 4 is 11.6 Å². The molecule has 0 spiro atoms. The molecular formula is C13H12FN5O. The summed E-state index contributed by atoms with van der Waals surface area (Å²) in [6.07, 6.45) is 3.11. The van der Waals surface area contributed by atoms with Crippen molar-refractivity contribution in [3.05, 3.63) is 47.5 Å². The maximum absolute atomic E-state index is 13.0. The molecule has 0 fully saturated rings. The van der Waals surface area contributed by atoms with Gasteiger partial charge in [-0.25, -0.2) is 4.39 Å². The van der Waals surface area contributed by atoms with Crippen molar-refractivity contribution in [1.29, 1.82) is 5.26 Å². The van der Waals surface area contributed by atoms with Crippen LogP contribution >= 0.6 is 0 Å². The third-order valence-electron chi connectivity index (χ3n) is 2.73. The first-order valence-corrected chi connectivity index (χ1v) is 5.76. The number of aryl methyl sites for hydroxylation is 1. The number of nitriles is 1. The lowest BCUT2D eigenvalue weighted by Crippen LogP contribution is -2.27. The first kappa shape index (κ1) is 13.7. The van der Waals surface area contributed by atoms with E-state index < -0.39 is 17.8 Å². The van der Waals surface area contributed by atoms with E-state index in [2.05, 4.69) is 10.4 Å². The molecule has 2 rings (SSSR count). The molecule has 6 nitrogen and oxygen atoms in total. The van der Waals surface area contributed by atoms with Crippen molar-refractivity contribution in [2.45, 2.75) is 6.04 Å². The average molecular weight is 273 g/mol. The summed E-state index contributed by atoms with van der Waals surface area (Å²) in [4.78, 5) is 12.0. The zero-order valence-corrected chi connectivity index (χ0v) is 10.7. The van der Waals surface area contributed by atoms with Gasteiger partial charge in [-0.3, -0.25) is 9.48 Å². The molecule has 0 bridgehead atoms. The topological polar surface area (TPSA) is 96.7 Å². The molecule has 0 saturated heterocycles. The molecule has 0 saturated carbocycles. The summed E-state index contributed by atoms with van der Waals surface area (Å²) in [5.74, 6) is -1.04. The molecule has 1 unspecified atom stereocenters. The SMILES string of the molecule is Cn1cc(C(N)C(=O)Nc2ccc(F)cc2C#N)cn1. The second-order valence-electron chi connectivity index (χ2n) is 4.22. The molecule has 0 aliphatic heterocycles. The smallest absolute Gasteiger partial charge is 0.246 e. The zero-order chi connectivity index (χ0) is 14.7. The number of hydrogen-bond donors (Lipinski definition) is 2.